The summed E-state index contributed by atoms with van der Waals surface area (Å²) < 4.78 is 66.1. The summed E-state index contributed by atoms with van der Waals surface area (Å²) in [4.78, 5) is 31.2. The van der Waals surface area contributed by atoms with Gasteiger partial charge in [-0.15, -0.1) is 0 Å². The smallest absolute Gasteiger partial charge is 0.407 e. The van der Waals surface area contributed by atoms with Crippen LogP contribution in [0.3, 0.4) is 0 Å². The molecule has 3 atom stereocenters. The Morgan fingerprint density at radius 1 is 0.525 bits per heavy atom. The molecule has 10 rings (SSSR count). The van der Waals surface area contributed by atoms with Crippen LogP contribution in [0.5, 0.6) is 5.75 Å². The van der Waals surface area contributed by atoms with Crippen molar-refractivity contribution in [2.45, 2.75) is 86.3 Å². The number of aromatic nitrogens is 3. The molecule has 1 amide bonds. The van der Waals surface area contributed by atoms with Gasteiger partial charge in [-0.25, -0.2) is 19.7 Å². The van der Waals surface area contributed by atoms with E-state index in [9.17, 15) is 18.5 Å². The Morgan fingerprint density at radius 2 is 0.911 bits per heavy atom. The predicted molar refractivity (Wildman–Crippen MR) is 416 cm³/mol. The first-order chi connectivity index (χ1) is 48.2. The van der Waals surface area contributed by atoms with E-state index in [0.717, 1.165) is 89.5 Å². The normalized spacial score (nSPS) is 14.3. The maximum Gasteiger partial charge on any atom is 0.407 e. The van der Waals surface area contributed by atoms with Crippen LogP contribution in [0.4, 0.5) is 4.79 Å². The first-order valence-corrected chi connectivity index (χ1v) is 40.1. The van der Waals surface area contributed by atoms with Crippen molar-refractivity contribution in [2.24, 2.45) is 0 Å². The third-order valence-electron chi connectivity index (χ3n) is 15.8. The second-order valence-corrected chi connectivity index (χ2v) is 33.1. The van der Waals surface area contributed by atoms with Crippen molar-refractivity contribution in [1.29, 1.82) is 0 Å². The average Bonchev–Trinajstić information content (AvgIpc) is 0.825. The SMILES string of the molecule is C.CCOP(=O)(c1ccccc1)c1cc(C#Cc2ccc(C)cc2)cc(CN2CCNCCN(Cc3cc(C#Cc4ccc(C)cc4)cc(P(C)(=O)c4ccccc4)n3)CC2)n1.CCOP(=O)(c1ccccc1)c1cc(C#Cc2ccc(OCCCNC(=O)OC(C)(C)C)cc2)cc(CBr)n1. The van der Waals surface area contributed by atoms with Crippen LogP contribution >= 0.6 is 37.8 Å². The lowest BCUT2D eigenvalue weighted by Crippen LogP contribution is -2.36. The van der Waals surface area contributed by atoms with Gasteiger partial charge in [0.05, 0.1) is 36.9 Å². The van der Waals surface area contributed by atoms with Crippen LogP contribution in [0.25, 0.3) is 0 Å². The van der Waals surface area contributed by atoms with E-state index in [1.165, 1.54) is 11.1 Å². The summed E-state index contributed by atoms with van der Waals surface area (Å²) in [6, 6.07) is 63.2. The minimum absolute atomic E-state index is 0. The maximum absolute atomic E-state index is 14.8. The molecule has 3 unspecified atom stereocenters. The zero-order chi connectivity index (χ0) is 71.0. The monoisotopic (exact) mass is 1470 g/mol. The average molecular weight is 1480 g/mol. The molecule has 1 fully saturated rings. The Hall–Kier alpha value is -8.51. The number of carbonyl (C=O) groups excluding carboxylic acids is 1. The van der Waals surface area contributed by atoms with E-state index in [1.54, 1.807) is 24.9 Å². The number of alkyl halides is 1. The van der Waals surface area contributed by atoms with E-state index in [1.807, 2.05) is 204 Å². The lowest BCUT2D eigenvalue weighted by Gasteiger charge is -2.26. The molecule has 524 valence electrons. The molecule has 0 radical (unpaired) electrons. The third kappa shape index (κ3) is 23.5. The number of aryl methyl sites for hydroxylation is 2. The van der Waals surface area contributed by atoms with E-state index >= 15 is 0 Å². The molecule has 19 heteroatoms. The Bertz CT molecular complexity index is 4550. The fourth-order valence-corrected chi connectivity index (χ4v) is 16.8. The molecular formula is C82H91BrN7O8P3. The Morgan fingerprint density at radius 3 is 1.34 bits per heavy atom. The largest absolute Gasteiger partial charge is 0.494 e. The van der Waals surface area contributed by atoms with E-state index in [0.29, 0.717) is 82.8 Å². The van der Waals surface area contributed by atoms with Crippen molar-refractivity contribution in [2.75, 3.05) is 72.3 Å². The number of benzene rings is 6. The Labute approximate surface area is 606 Å². The molecule has 0 saturated carbocycles. The number of rotatable bonds is 20. The van der Waals surface area contributed by atoms with Gasteiger partial charge in [0.15, 0.2) is 7.14 Å². The second-order valence-electron chi connectivity index (χ2n) is 25.1. The van der Waals surface area contributed by atoms with Gasteiger partial charge in [0.25, 0.3) is 14.7 Å². The zero-order valence-corrected chi connectivity index (χ0v) is 62.4. The van der Waals surface area contributed by atoms with Crippen LogP contribution in [0.2, 0.25) is 0 Å². The summed E-state index contributed by atoms with van der Waals surface area (Å²) in [5.74, 6) is 20.3. The van der Waals surface area contributed by atoms with Gasteiger partial charge >= 0.3 is 6.09 Å². The van der Waals surface area contributed by atoms with E-state index in [2.05, 4.69) is 103 Å². The van der Waals surface area contributed by atoms with Crippen molar-refractivity contribution in [3.63, 3.8) is 0 Å². The molecule has 1 aliphatic rings. The number of amides is 1. The number of alkyl carbamates (subject to hydrolysis) is 1. The van der Waals surface area contributed by atoms with Crippen molar-refractivity contribution in [1.82, 2.24) is 35.4 Å². The van der Waals surface area contributed by atoms with Gasteiger partial charge in [0.1, 0.15) is 27.7 Å². The summed E-state index contributed by atoms with van der Waals surface area (Å²) in [5, 5.41) is 8.80. The van der Waals surface area contributed by atoms with Gasteiger partial charge in [-0.05, 0) is 171 Å². The summed E-state index contributed by atoms with van der Waals surface area (Å²) in [5.41, 5.74) is 10.3. The molecular weight excluding hydrogens is 1380 g/mol. The first-order valence-electron chi connectivity index (χ1n) is 33.6. The minimum Gasteiger partial charge on any atom is -0.494 e. The van der Waals surface area contributed by atoms with Gasteiger partial charge in [0.2, 0.25) is 0 Å². The van der Waals surface area contributed by atoms with Crippen LogP contribution in [-0.2, 0) is 45.9 Å². The number of nitrogens with zero attached hydrogens (tertiary/aromatic N) is 5. The van der Waals surface area contributed by atoms with Gasteiger partial charge in [0, 0.05) is 114 Å². The van der Waals surface area contributed by atoms with Gasteiger partial charge in [-0.3, -0.25) is 18.9 Å². The Kier molecular flexibility index (Phi) is 29.4. The van der Waals surface area contributed by atoms with Gasteiger partial charge in [-0.2, -0.15) is 0 Å². The first kappa shape index (κ1) is 78.2. The molecule has 0 bridgehead atoms. The molecule has 15 nitrogen and oxygen atoms in total. The summed E-state index contributed by atoms with van der Waals surface area (Å²) in [6.07, 6.45) is 0.214. The lowest BCUT2D eigenvalue weighted by atomic mass is 10.1. The molecule has 101 heavy (non-hydrogen) atoms. The zero-order valence-electron chi connectivity index (χ0n) is 58.2. The van der Waals surface area contributed by atoms with Gasteiger partial charge < -0.3 is 33.7 Å². The molecule has 1 saturated heterocycles. The van der Waals surface area contributed by atoms with Crippen molar-refractivity contribution in [3.05, 3.63) is 262 Å². The molecule has 0 spiro atoms. The fraction of sp³-hybridized carbons (Fsp3) is 0.293. The fourth-order valence-electron chi connectivity index (χ4n) is 10.7. The number of hydrogen-bond donors (Lipinski definition) is 2. The van der Waals surface area contributed by atoms with Crippen LogP contribution in [0.15, 0.2) is 200 Å². The molecule has 4 heterocycles. The summed E-state index contributed by atoms with van der Waals surface area (Å²) >= 11 is 3.46. The van der Waals surface area contributed by atoms with Crippen molar-refractivity contribution in [3.8, 4) is 41.3 Å². The number of pyridine rings is 3. The highest BCUT2D eigenvalue weighted by Crippen LogP contribution is 2.45. The number of ether oxygens (including phenoxy) is 2. The van der Waals surface area contributed by atoms with Crippen molar-refractivity contribution >= 4 is 76.1 Å². The molecule has 6 aromatic carbocycles. The standard InChI is InChI=1S/C51H53N5O3P2.C30H34BrN2O5P.CH4/c1-5-59-61(58,49-14-10-7-11-15-49)51-37-45(27-25-43-22-18-41(3)19-23-43)35-47(54-51)39-56-31-29-52-28-30-55(32-33-56)38-46-34-44(26-24-42-20-16-40(2)17-21-42)36-50(53-46)60(4,57)48-12-8-6-9-13-48;1-5-37-39(35,27-10-7-6-8-11-27)28-21-24(20-25(22-31)33-28)13-12-23-14-16-26(17-15-23)36-19-9-18-32-29(34)38-30(2,3)4;/h6-23,34-37,52H,5,28-33,38-39H2,1-4H3;6-8,10-11,14-17,20-21H,5,9,18-19,22H2,1-4H3,(H,32,34);1H4. The highest BCUT2D eigenvalue weighted by molar-refractivity contribution is 9.08. The Balaban J connectivity index is 0.000000280. The highest BCUT2D eigenvalue weighted by atomic mass is 79.9. The molecule has 2 N–H and O–H groups in total. The van der Waals surface area contributed by atoms with Crippen LogP contribution in [0.1, 0.15) is 110 Å². The van der Waals surface area contributed by atoms with Crippen LogP contribution in [0, 0.1) is 49.4 Å². The van der Waals surface area contributed by atoms with Crippen LogP contribution < -0.4 is 47.6 Å². The van der Waals surface area contributed by atoms with Gasteiger partial charge in [-0.1, -0.05) is 161 Å². The minimum atomic E-state index is -3.52. The van der Waals surface area contributed by atoms with E-state index < -0.39 is 33.6 Å². The summed E-state index contributed by atoms with van der Waals surface area (Å²) in [7, 11) is -9.91. The number of hydrogen-bond acceptors (Lipinski definition) is 14. The maximum atomic E-state index is 14.8. The highest BCUT2D eigenvalue weighted by Gasteiger charge is 2.33. The lowest BCUT2D eigenvalue weighted by molar-refractivity contribution is 0.0525. The predicted octanol–water partition coefficient (Wildman–Crippen LogP) is 13.6. The molecule has 0 aliphatic carbocycles. The number of halogens is 1. The van der Waals surface area contributed by atoms with Crippen LogP contribution in [-0.4, -0.2) is 109 Å². The van der Waals surface area contributed by atoms with Crippen molar-refractivity contribution < 1.29 is 37.0 Å². The molecule has 1 aliphatic heterocycles. The topological polar surface area (TPSA) is 174 Å². The third-order valence-corrected chi connectivity index (χ3v) is 23.6. The quantitative estimate of drug-likeness (QED) is 0.0319. The molecule has 9 aromatic rings. The number of nitrogens with one attached hydrogen (secondary N) is 2. The second kappa shape index (κ2) is 38.0. The van der Waals surface area contributed by atoms with E-state index in [4.69, 9.17) is 28.5 Å². The number of carbonyl (C=O) groups is 1. The molecule has 3 aromatic heterocycles. The van der Waals surface area contributed by atoms with E-state index in [-0.39, 0.29) is 14.0 Å². The summed E-state index contributed by atoms with van der Waals surface area (Å²) in [6.45, 7) is 22.4.